The number of aliphatic carboxylic acids is 1. The lowest BCUT2D eigenvalue weighted by atomic mass is 10.1. The molecule has 0 fully saturated rings. The number of hydrogen-bond acceptors (Lipinski definition) is 7. The summed E-state index contributed by atoms with van der Waals surface area (Å²) in [7, 11) is 0. The summed E-state index contributed by atoms with van der Waals surface area (Å²) in [6.07, 6.45) is -0.542. The molecule has 1 atom stereocenters. The number of halogens is 2. The molecule has 138 valence electrons. The van der Waals surface area contributed by atoms with Crippen LogP contribution < -0.4 is 5.32 Å². The van der Waals surface area contributed by atoms with Crippen molar-refractivity contribution >= 4 is 52.6 Å². The number of tetrazole rings is 1. The monoisotopic (exact) mass is 417 g/mol. The van der Waals surface area contributed by atoms with Gasteiger partial charge in [0.15, 0.2) is 5.78 Å². The molecule has 1 aromatic heterocycles. The van der Waals surface area contributed by atoms with Gasteiger partial charge < -0.3 is 10.4 Å². The first-order valence-corrected chi connectivity index (χ1v) is 8.74. The fourth-order valence-corrected chi connectivity index (χ4v) is 3.39. The number of carbonyl (C=O) groups excluding carboxylic acids is 2. The number of benzene rings is 1. The zero-order valence-electron chi connectivity index (χ0n) is 13.3. The number of rotatable bonds is 8. The number of hydrogen-bond donors (Lipinski definition) is 2. The highest BCUT2D eigenvalue weighted by atomic mass is 35.5. The molecule has 2 rings (SSSR count). The minimum atomic E-state index is -1.22. The topological polar surface area (TPSA) is 127 Å². The average Bonchev–Trinajstić information content (AvgIpc) is 2.96. The van der Waals surface area contributed by atoms with Gasteiger partial charge in [-0.3, -0.25) is 14.4 Å². The molecule has 26 heavy (non-hydrogen) atoms. The van der Waals surface area contributed by atoms with Crippen LogP contribution >= 0.6 is 35.0 Å². The number of nitrogens with zero attached hydrogens (tertiary/aromatic N) is 4. The van der Waals surface area contributed by atoms with E-state index in [1.54, 1.807) is 18.2 Å². The van der Waals surface area contributed by atoms with Gasteiger partial charge in [0, 0.05) is 6.92 Å². The Morgan fingerprint density at radius 3 is 2.54 bits per heavy atom. The second-order valence-corrected chi connectivity index (χ2v) is 6.88. The van der Waals surface area contributed by atoms with Gasteiger partial charge in [0.25, 0.3) is 0 Å². The Bertz CT molecular complexity index is 808. The van der Waals surface area contributed by atoms with Crippen LogP contribution in [0.5, 0.6) is 0 Å². The van der Waals surface area contributed by atoms with Gasteiger partial charge in [0.05, 0.1) is 27.4 Å². The van der Waals surface area contributed by atoms with Crippen molar-refractivity contribution < 1.29 is 19.5 Å². The van der Waals surface area contributed by atoms with E-state index in [4.69, 9.17) is 28.3 Å². The summed E-state index contributed by atoms with van der Waals surface area (Å²) in [5.74, 6) is -2.29. The van der Waals surface area contributed by atoms with Crippen molar-refractivity contribution in [2.24, 2.45) is 0 Å². The Morgan fingerprint density at radius 1 is 1.31 bits per heavy atom. The SMILES string of the molecule is CC(=O)NC(CC(=O)O)C(=O)Cn1nnnc1Sc1c(Cl)cccc1Cl. The molecular weight excluding hydrogens is 405 g/mol. The first-order chi connectivity index (χ1) is 12.3. The standard InChI is InChI=1S/C14H13Cl2N5O4S/c1-7(22)17-10(5-12(24)25)11(23)6-21-14(18-19-20-21)26-13-8(15)3-2-4-9(13)16/h2-4,10H,5-6H2,1H3,(H,17,22)(H,24,25). The molecular formula is C14H13Cl2N5O4S. The van der Waals surface area contributed by atoms with Gasteiger partial charge in [-0.15, -0.1) is 5.10 Å². The third-order valence-electron chi connectivity index (χ3n) is 3.06. The van der Waals surface area contributed by atoms with Gasteiger partial charge in [-0.2, -0.15) is 0 Å². The zero-order chi connectivity index (χ0) is 19.3. The lowest BCUT2D eigenvalue weighted by Crippen LogP contribution is -2.42. The van der Waals surface area contributed by atoms with E-state index in [0.29, 0.717) is 14.9 Å². The second-order valence-electron chi connectivity index (χ2n) is 5.09. The van der Waals surface area contributed by atoms with E-state index in [2.05, 4.69) is 20.8 Å². The van der Waals surface area contributed by atoms with Gasteiger partial charge in [0.2, 0.25) is 11.1 Å². The Balaban J connectivity index is 2.18. The molecule has 0 aliphatic heterocycles. The predicted molar refractivity (Wildman–Crippen MR) is 93.3 cm³/mol. The normalized spacial score (nSPS) is 11.8. The van der Waals surface area contributed by atoms with Crippen molar-refractivity contribution in [2.45, 2.75) is 36.0 Å². The van der Waals surface area contributed by atoms with Gasteiger partial charge in [-0.25, -0.2) is 4.68 Å². The van der Waals surface area contributed by atoms with Gasteiger partial charge in [0.1, 0.15) is 6.54 Å². The first kappa shape index (κ1) is 20.1. The highest BCUT2D eigenvalue weighted by Crippen LogP contribution is 2.37. The van der Waals surface area contributed by atoms with Gasteiger partial charge >= 0.3 is 5.97 Å². The van der Waals surface area contributed by atoms with Crippen LogP contribution in [0.25, 0.3) is 0 Å². The number of carboxylic acid groups (broad SMARTS) is 1. The maximum atomic E-state index is 12.4. The molecule has 2 aromatic rings. The lowest BCUT2D eigenvalue weighted by Gasteiger charge is -2.14. The summed E-state index contributed by atoms with van der Waals surface area (Å²) < 4.78 is 1.18. The minimum absolute atomic E-state index is 0.241. The molecule has 0 spiro atoms. The lowest BCUT2D eigenvalue weighted by molar-refractivity contribution is -0.140. The smallest absolute Gasteiger partial charge is 0.305 e. The predicted octanol–water partition coefficient (Wildman–Crippen LogP) is 1.68. The fourth-order valence-electron chi connectivity index (χ4n) is 1.96. The first-order valence-electron chi connectivity index (χ1n) is 7.17. The molecule has 0 aliphatic carbocycles. The molecule has 0 radical (unpaired) electrons. The maximum absolute atomic E-state index is 12.4. The largest absolute Gasteiger partial charge is 0.481 e. The van der Waals surface area contributed by atoms with Crippen LogP contribution in [0.1, 0.15) is 13.3 Å². The van der Waals surface area contributed by atoms with Crippen molar-refractivity contribution in [3.8, 4) is 0 Å². The third-order valence-corrected chi connectivity index (χ3v) is 5.03. The van der Waals surface area contributed by atoms with Crippen LogP contribution in [0.15, 0.2) is 28.3 Å². The van der Waals surface area contributed by atoms with E-state index in [1.807, 2.05) is 0 Å². The van der Waals surface area contributed by atoms with Crippen LogP contribution in [-0.4, -0.2) is 49.0 Å². The zero-order valence-corrected chi connectivity index (χ0v) is 15.7. The highest BCUT2D eigenvalue weighted by molar-refractivity contribution is 7.99. The van der Waals surface area contributed by atoms with Crippen LogP contribution in [-0.2, 0) is 20.9 Å². The summed E-state index contributed by atoms with van der Waals surface area (Å²) >= 11 is 13.3. The molecule has 9 nitrogen and oxygen atoms in total. The number of nitrogens with one attached hydrogen (secondary N) is 1. The van der Waals surface area contributed by atoms with Crippen molar-refractivity contribution in [3.63, 3.8) is 0 Å². The van der Waals surface area contributed by atoms with Crippen LogP contribution in [0.3, 0.4) is 0 Å². The molecule has 1 aromatic carbocycles. The van der Waals surface area contributed by atoms with E-state index < -0.39 is 30.1 Å². The molecule has 2 N–H and O–H groups in total. The molecule has 1 heterocycles. The molecule has 0 aliphatic rings. The Labute approximate surface area is 162 Å². The van der Waals surface area contributed by atoms with Crippen molar-refractivity contribution in [1.29, 1.82) is 0 Å². The van der Waals surface area contributed by atoms with E-state index >= 15 is 0 Å². The number of aromatic nitrogens is 4. The molecule has 12 heteroatoms. The number of carboxylic acids is 1. The van der Waals surface area contributed by atoms with Crippen molar-refractivity contribution in [3.05, 3.63) is 28.2 Å². The summed E-state index contributed by atoms with van der Waals surface area (Å²) in [6.45, 7) is 0.871. The van der Waals surface area contributed by atoms with E-state index in [0.717, 1.165) is 11.8 Å². The quantitative estimate of drug-likeness (QED) is 0.663. The average molecular weight is 418 g/mol. The Kier molecular flexibility index (Phi) is 6.95. The Morgan fingerprint density at radius 2 is 1.96 bits per heavy atom. The van der Waals surface area contributed by atoms with E-state index in [1.165, 1.54) is 11.6 Å². The number of amides is 1. The summed E-state index contributed by atoms with van der Waals surface area (Å²) in [4.78, 5) is 35.0. The summed E-state index contributed by atoms with van der Waals surface area (Å²) in [5.41, 5.74) is 0. The Hall–Kier alpha value is -2.17. The third kappa shape index (κ3) is 5.41. The van der Waals surface area contributed by atoms with Crippen LogP contribution in [0.4, 0.5) is 0 Å². The minimum Gasteiger partial charge on any atom is -0.481 e. The second kappa shape index (κ2) is 8.97. The highest BCUT2D eigenvalue weighted by Gasteiger charge is 2.24. The molecule has 1 amide bonds. The van der Waals surface area contributed by atoms with Crippen molar-refractivity contribution in [2.75, 3.05) is 0 Å². The molecule has 0 saturated heterocycles. The molecule has 0 bridgehead atoms. The maximum Gasteiger partial charge on any atom is 0.305 e. The van der Waals surface area contributed by atoms with E-state index in [9.17, 15) is 14.4 Å². The number of ketones is 1. The molecule has 0 saturated carbocycles. The molecule has 1 unspecified atom stereocenters. The number of Topliss-reactive ketones (excluding diaryl/α,β-unsaturated/α-hetero) is 1. The summed E-state index contributed by atoms with van der Waals surface area (Å²) in [5, 5.41) is 23.3. The number of carbonyl (C=O) groups is 3. The van der Waals surface area contributed by atoms with E-state index in [-0.39, 0.29) is 11.7 Å². The van der Waals surface area contributed by atoms with Gasteiger partial charge in [-0.1, -0.05) is 29.3 Å². The van der Waals surface area contributed by atoms with Crippen LogP contribution in [0, 0.1) is 0 Å². The fraction of sp³-hybridized carbons (Fsp3) is 0.286. The van der Waals surface area contributed by atoms with Crippen LogP contribution in [0.2, 0.25) is 10.0 Å². The van der Waals surface area contributed by atoms with Gasteiger partial charge in [-0.05, 0) is 34.3 Å². The van der Waals surface area contributed by atoms with Crippen molar-refractivity contribution in [1.82, 2.24) is 25.5 Å². The summed E-state index contributed by atoms with van der Waals surface area (Å²) in [6, 6.07) is 3.80.